The lowest BCUT2D eigenvalue weighted by molar-refractivity contribution is -0.386. The van der Waals surface area contributed by atoms with E-state index in [9.17, 15) is 30.1 Å². The molecule has 0 radical (unpaired) electrons. The van der Waals surface area contributed by atoms with Crippen molar-refractivity contribution in [3.63, 3.8) is 0 Å². The van der Waals surface area contributed by atoms with E-state index < -0.39 is 33.8 Å². The molecule has 2 aromatic rings. The Morgan fingerprint density at radius 1 is 1.22 bits per heavy atom. The first-order valence-electron chi connectivity index (χ1n) is 7.45. The number of nitrogens with one attached hydrogen (secondary N) is 1. The number of benzene rings is 2. The zero-order chi connectivity index (χ0) is 20.0. The highest BCUT2D eigenvalue weighted by molar-refractivity contribution is 5.87. The molecule has 0 heterocycles. The molecular weight excluding hydrogens is 360 g/mol. The van der Waals surface area contributed by atoms with Crippen LogP contribution in [-0.2, 0) is 4.79 Å². The van der Waals surface area contributed by atoms with Crippen molar-refractivity contribution in [1.82, 2.24) is 5.43 Å². The smallest absolute Gasteiger partial charge is 0.311 e. The van der Waals surface area contributed by atoms with Crippen LogP contribution in [0.25, 0.3) is 0 Å². The third-order valence-electron chi connectivity index (χ3n) is 3.31. The lowest BCUT2D eigenvalue weighted by Crippen LogP contribution is -2.24. The van der Waals surface area contributed by atoms with Gasteiger partial charge in [0.25, 0.3) is 5.91 Å². The van der Waals surface area contributed by atoms with Crippen molar-refractivity contribution in [3.05, 3.63) is 67.8 Å². The summed E-state index contributed by atoms with van der Waals surface area (Å²) in [6.45, 7) is 1.14. The van der Waals surface area contributed by atoms with E-state index in [1.807, 2.05) is 0 Å². The van der Waals surface area contributed by atoms with Gasteiger partial charge in [0.1, 0.15) is 0 Å². The standard InChI is InChI=1S/C16H14N4O7/c1-10-5-6-14(13(7-10)20(25)26)27-9-15(21)18-17-8-11-3-2-4-12(16(11)22)19(23)24/h2-8,22H,9H2,1H3,(H,18,21). The molecule has 0 spiro atoms. The van der Waals surface area contributed by atoms with Gasteiger partial charge in [0.15, 0.2) is 12.4 Å². The van der Waals surface area contributed by atoms with Gasteiger partial charge in [0, 0.05) is 17.7 Å². The number of hydrazone groups is 1. The largest absolute Gasteiger partial charge is 0.502 e. The molecule has 1 amide bonds. The first-order chi connectivity index (χ1) is 12.8. The molecule has 0 saturated heterocycles. The van der Waals surface area contributed by atoms with Crippen molar-refractivity contribution in [2.75, 3.05) is 6.61 Å². The molecule has 2 N–H and O–H groups in total. The normalized spacial score (nSPS) is 10.6. The Labute approximate surface area is 152 Å². The number of hydrogen-bond donors (Lipinski definition) is 2. The molecule has 0 aliphatic carbocycles. The lowest BCUT2D eigenvalue weighted by atomic mass is 10.2. The molecule has 0 aliphatic rings. The molecule has 0 aromatic heterocycles. The maximum Gasteiger partial charge on any atom is 0.311 e. The minimum absolute atomic E-state index is 0.0274. The summed E-state index contributed by atoms with van der Waals surface area (Å²) in [5, 5.41) is 35.0. The summed E-state index contributed by atoms with van der Waals surface area (Å²) in [7, 11) is 0. The molecule has 11 nitrogen and oxygen atoms in total. The van der Waals surface area contributed by atoms with Crippen LogP contribution in [0, 0.1) is 27.2 Å². The third kappa shape index (κ3) is 4.98. The molecule has 27 heavy (non-hydrogen) atoms. The Hall–Kier alpha value is -4.02. The third-order valence-corrected chi connectivity index (χ3v) is 3.31. The SMILES string of the molecule is Cc1ccc(OCC(=O)NN=Cc2cccc([N+](=O)[O-])c2O)c([N+](=O)[O-])c1. The second kappa shape index (κ2) is 8.38. The number of aromatic hydroxyl groups is 1. The number of rotatable bonds is 7. The van der Waals surface area contributed by atoms with Gasteiger partial charge in [-0.25, -0.2) is 5.43 Å². The van der Waals surface area contributed by atoms with Crippen LogP contribution < -0.4 is 10.2 Å². The second-order valence-electron chi connectivity index (χ2n) is 5.28. The van der Waals surface area contributed by atoms with Crippen LogP contribution in [0.3, 0.4) is 0 Å². The molecule has 0 bridgehead atoms. The fourth-order valence-electron chi connectivity index (χ4n) is 2.04. The number of carbonyl (C=O) groups excluding carboxylic acids is 1. The monoisotopic (exact) mass is 374 g/mol. The molecule has 0 unspecified atom stereocenters. The average Bonchev–Trinajstić information content (AvgIpc) is 2.61. The number of carbonyl (C=O) groups is 1. The van der Waals surface area contributed by atoms with Crippen molar-refractivity contribution < 1.29 is 24.5 Å². The van der Waals surface area contributed by atoms with Crippen LogP contribution in [0.1, 0.15) is 11.1 Å². The quantitative estimate of drug-likeness (QED) is 0.426. The van der Waals surface area contributed by atoms with Gasteiger partial charge in [0.05, 0.1) is 16.1 Å². The molecule has 0 aliphatic heterocycles. The van der Waals surface area contributed by atoms with Gasteiger partial charge < -0.3 is 9.84 Å². The summed E-state index contributed by atoms with van der Waals surface area (Å²) in [4.78, 5) is 32.1. The summed E-state index contributed by atoms with van der Waals surface area (Å²) in [5.74, 6) is -1.38. The molecule has 2 rings (SSSR count). The Bertz CT molecular complexity index is 927. The van der Waals surface area contributed by atoms with Crippen molar-refractivity contribution in [1.29, 1.82) is 0 Å². The van der Waals surface area contributed by atoms with Gasteiger partial charge in [-0.2, -0.15) is 5.10 Å². The van der Waals surface area contributed by atoms with E-state index in [0.29, 0.717) is 5.56 Å². The van der Waals surface area contributed by atoms with Gasteiger partial charge in [-0.1, -0.05) is 12.1 Å². The average molecular weight is 374 g/mol. The molecular formula is C16H14N4O7. The zero-order valence-corrected chi connectivity index (χ0v) is 14.0. The number of para-hydroxylation sites is 1. The van der Waals surface area contributed by atoms with Crippen LogP contribution in [0.5, 0.6) is 11.5 Å². The van der Waals surface area contributed by atoms with E-state index >= 15 is 0 Å². The lowest BCUT2D eigenvalue weighted by Gasteiger charge is -2.06. The van der Waals surface area contributed by atoms with Crippen LogP contribution in [-0.4, -0.2) is 33.7 Å². The van der Waals surface area contributed by atoms with Crippen molar-refractivity contribution >= 4 is 23.5 Å². The van der Waals surface area contributed by atoms with Gasteiger partial charge in [-0.05, 0) is 24.6 Å². The number of hydrogen-bond acceptors (Lipinski definition) is 8. The highest BCUT2D eigenvalue weighted by Gasteiger charge is 2.17. The van der Waals surface area contributed by atoms with Crippen molar-refractivity contribution in [2.24, 2.45) is 5.10 Å². The number of phenolic OH excluding ortho intramolecular Hbond substituents is 1. The van der Waals surface area contributed by atoms with Gasteiger partial charge in [0.2, 0.25) is 5.75 Å². The van der Waals surface area contributed by atoms with Crippen LogP contribution in [0.4, 0.5) is 11.4 Å². The van der Waals surface area contributed by atoms with Crippen molar-refractivity contribution in [2.45, 2.75) is 6.92 Å². The van der Waals surface area contributed by atoms with E-state index in [4.69, 9.17) is 4.74 Å². The molecule has 0 fully saturated rings. The maximum atomic E-state index is 11.7. The molecule has 2 aromatic carbocycles. The topological polar surface area (TPSA) is 157 Å². The summed E-state index contributed by atoms with van der Waals surface area (Å²) in [6.07, 6.45) is 1.02. The predicted octanol–water partition coefficient (Wildman–Crippen LogP) is 2.05. The Balaban J connectivity index is 1.98. The van der Waals surface area contributed by atoms with Crippen LogP contribution >= 0.6 is 0 Å². The summed E-state index contributed by atoms with van der Waals surface area (Å²) in [6, 6.07) is 8.13. The highest BCUT2D eigenvalue weighted by atomic mass is 16.6. The number of phenols is 1. The molecule has 11 heteroatoms. The number of amides is 1. The van der Waals surface area contributed by atoms with Gasteiger partial charge in [-0.15, -0.1) is 0 Å². The minimum atomic E-state index is -0.756. The molecule has 0 saturated carbocycles. The zero-order valence-electron chi connectivity index (χ0n) is 14.0. The van der Waals surface area contributed by atoms with E-state index in [0.717, 1.165) is 12.3 Å². The Kier molecular flexibility index (Phi) is 5.99. The van der Waals surface area contributed by atoms with Crippen LogP contribution in [0.15, 0.2) is 41.5 Å². The summed E-state index contributed by atoms with van der Waals surface area (Å²) >= 11 is 0. The minimum Gasteiger partial charge on any atom is -0.502 e. The summed E-state index contributed by atoms with van der Waals surface area (Å²) < 4.78 is 5.13. The van der Waals surface area contributed by atoms with Gasteiger partial charge >= 0.3 is 11.4 Å². The van der Waals surface area contributed by atoms with Gasteiger partial charge in [-0.3, -0.25) is 25.0 Å². The Morgan fingerprint density at radius 2 is 1.93 bits per heavy atom. The van der Waals surface area contributed by atoms with Crippen LogP contribution in [0.2, 0.25) is 0 Å². The predicted molar refractivity (Wildman–Crippen MR) is 93.8 cm³/mol. The first kappa shape index (κ1) is 19.3. The number of nitrogens with zero attached hydrogens (tertiary/aromatic N) is 3. The highest BCUT2D eigenvalue weighted by Crippen LogP contribution is 2.28. The van der Waals surface area contributed by atoms with E-state index in [2.05, 4.69) is 10.5 Å². The number of aryl methyl sites for hydroxylation is 1. The number of nitro benzene ring substituents is 2. The van der Waals surface area contributed by atoms with E-state index in [1.54, 1.807) is 13.0 Å². The first-order valence-corrected chi connectivity index (χ1v) is 7.45. The van der Waals surface area contributed by atoms with E-state index in [-0.39, 0.29) is 17.0 Å². The fourth-order valence-corrected chi connectivity index (χ4v) is 2.04. The maximum absolute atomic E-state index is 11.7. The molecule has 140 valence electrons. The fraction of sp³-hybridized carbons (Fsp3) is 0.125. The summed E-state index contributed by atoms with van der Waals surface area (Å²) in [5.41, 5.74) is 2.02. The van der Waals surface area contributed by atoms with Crippen molar-refractivity contribution in [3.8, 4) is 11.5 Å². The number of nitro groups is 2. The number of ether oxygens (including phenoxy) is 1. The van der Waals surface area contributed by atoms with E-state index in [1.165, 1.54) is 24.3 Å². The molecule has 0 atom stereocenters. The Morgan fingerprint density at radius 3 is 2.59 bits per heavy atom. The second-order valence-corrected chi connectivity index (χ2v) is 5.28.